The van der Waals surface area contributed by atoms with Gasteiger partial charge in [0.2, 0.25) is 70.9 Å². The molecule has 0 spiro atoms. The number of aromatic amines is 1. The van der Waals surface area contributed by atoms with Gasteiger partial charge in [-0.2, -0.15) is 0 Å². The van der Waals surface area contributed by atoms with Crippen LogP contribution in [0, 0.1) is 0 Å². The number of nitrogens with zero attached hydrogens (tertiary/aromatic N) is 3. The molecular weight excluding hydrogens is 1310 g/mol. The highest BCUT2D eigenvalue weighted by atomic mass is 33.1. The quantitative estimate of drug-likeness (QED) is 0.0269. The summed E-state index contributed by atoms with van der Waals surface area (Å²) in [6.07, 6.45) is 1.14. The third-order valence-corrected chi connectivity index (χ3v) is 19.7. The lowest BCUT2D eigenvalue weighted by molar-refractivity contribution is -0.146. The van der Waals surface area contributed by atoms with E-state index < -0.39 is 169 Å². The Balaban J connectivity index is 1.72. The highest BCUT2D eigenvalue weighted by Gasteiger charge is 2.42. The van der Waals surface area contributed by atoms with Crippen LogP contribution < -0.4 is 87.6 Å². The first-order valence-electron chi connectivity index (χ1n) is 30.1. The summed E-state index contributed by atoms with van der Waals surface area (Å²) in [7, 11) is 3.51. The van der Waals surface area contributed by atoms with Crippen LogP contribution in [-0.2, 0) is 68.7 Å². The fourth-order valence-corrected chi connectivity index (χ4v) is 14.6. The number of aliphatic carboxylic acids is 1. The van der Waals surface area contributed by atoms with E-state index in [9.17, 15) is 63.0 Å². The molecule has 4 heterocycles. The van der Waals surface area contributed by atoms with Crippen LogP contribution >= 0.6 is 43.2 Å². The number of rotatable bonds is 19. The zero-order valence-electron chi connectivity index (χ0n) is 51.5. The standard InChI is InChI=1S/C55H84N20O15S4/c1-2-3-10-30-45(82)72-36(43(57)80)23-91-93-26-39-51(88)71-35(22-76)48(85)70-34(19-42(78)79)53(90)75-17-8-14-40(75)52(89)68-32(13-7-16-63-55(60)61)46(83)73-38(25-94-92-24-37(49(86)74-39)65-41(77)20-56)50(87)69-33(18-27-21-64-29-11-5-4-9-28(27)29)47(84)67-31(44(81)66-30)12-6-15-62-54(58)59/h4-5,9,11,21,30-40,64,76H,2-3,6-8,10,12-20,22-26,56H2,1H3,(H2,57,80)(H,65,77)(H,66,81)(H,67,84)(H,68,89)(H,69,87)(H,70,85)(H,71,88)(H,72,82)(H,73,83)(H,74,86)(H,78,79)(H4,58,59,62)(H4,60,61,63)/t30-,31-,32-,33-,34-,35-,36-,37-,38-,39-,40-/m0/s1. The van der Waals surface area contributed by atoms with E-state index in [1.54, 1.807) is 30.5 Å². The second-order valence-corrected chi connectivity index (χ2v) is 27.1. The first-order chi connectivity index (χ1) is 44.8. The molecular formula is C55H84N20O15S4. The Morgan fingerprint density at radius 2 is 1.11 bits per heavy atom. The fraction of sp³-hybridized carbons (Fsp3) is 0.582. The van der Waals surface area contributed by atoms with Gasteiger partial charge in [-0.25, -0.2) is 0 Å². The Morgan fingerprint density at radius 3 is 1.68 bits per heavy atom. The molecule has 3 aliphatic heterocycles. The van der Waals surface area contributed by atoms with Crippen LogP contribution in [0.3, 0.4) is 0 Å². The number of hydrogen-bond acceptors (Lipinski definition) is 21. The van der Waals surface area contributed by atoms with Crippen LogP contribution in [0.5, 0.6) is 0 Å². The van der Waals surface area contributed by atoms with Gasteiger partial charge in [0.1, 0.15) is 66.5 Å². The second kappa shape index (κ2) is 38.8. The van der Waals surface area contributed by atoms with Gasteiger partial charge in [0, 0.05) is 66.2 Å². The van der Waals surface area contributed by atoms with Crippen LogP contribution in [0.1, 0.15) is 76.7 Å². The summed E-state index contributed by atoms with van der Waals surface area (Å²) >= 11 is 0. The zero-order chi connectivity index (χ0) is 69.0. The number of primary amides is 1. The number of aliphatic hydroxyl groups is 1. The van der Waals surface area contributed by atoms with Crippen molar-refractivity contribution in [2.75, 3.05) is 55.8 Å². The maximum atomic E-state index is 15.2. The van der Waals surface area contributed by atoms with E-state index in [0.717, 1.165) is 48.1 Å². The Labute approximate surface area is 556 Å². The van der Waals surface area contributed by atoms with Crippen LogP contribution in [0.25, 0.3) is 10.9 Å². The summed E-state index contributed by atoms with van der Waals surface area (Å²) in [5.74, 6) is -15.5. The molecule has 12 amide bonds. The number of aliphatic hydroxyl groups excluding tert-OH is 1. The van der Waals surface area contributed by atoms with Gasteiger partial charge in [0.25, 0.3) is 0 Å². The number of amides is 12. The second-order valence-electron chi connectivity index (χ2n) is 22.0. The molecule has 1 aromatic heterocycles. The monoisotopic (exact) mass is 1390 g/mol. The van der Waals surface area contributed by atoms with Crippen molar-refractivity contribution in [1.82, 2.24) is 63.1 Å². The minimum absolute atomic E-state index is 0.0135. The van der Waals surface area contributed by atoms with Crippen LogP contribution in [-0.4, -0.2) is 231 Å². The number of nitrogens with two attached hydrogens (primary N) is 6. The molecule has 3 aliphatic rings. The first-order valence-corrected chi connectivity index (χ1v) is 35.1. The van der Waals surface area contributed by atoms with Gasteiger partial charge in [-0.3, -0.25) is 72.3 Å². The van der Waals surface area contributed by atoms with Crippen LogP contribution in [0.4, 0.5) is 0 Å². The molecule has 0 radical (unpaired) electrons. The Bertz CT molecular complexity index is 3100. The minimum atomic E-state index is -1.94. The molecule has 0 unspecified atom stereocenters. The lowest BCUT2D eigenvalue weighted by Crippen LogP contribution is -2.61. The van der Waals surface area contributed by atoms with Crippen molar-refractivity contribution < 1.29 is 72.5 Å². The van der Waals surface area contributed by atoms with Gasteiger partial charge in [-0.05, 0) is 56.6 Å². The van der Waals surface area contributed by atoms with Gasteiger partial charge in [0.05, 0.1) is 19.6 Å². The van der Waals surface area contributed by atoms with E-state index >= 15 is 9.59 Å². The number of para-hydroxylation sites is 1. The number of hydrogen-bond donors (Lipinski definition) is 19. The maximum Gasteiger partial charge on any atom is 0.305 e. The summed E-state index contributed by atoms with van der Waals surface area (Å²) in [6, 6.07) is -10.5. The molecule has 39 heteroatoms. The third kappa shape index (κ3) is 24.2. The summed E-state index contributed by atoms with van der Waals surface area (Å²) < 4.78 is 0. The van der Waals surface area contributed by atoms with Crippen molar-refractivity contribution in [2.24, 2.45) is 44.4 Å². The van der Waals surface area contributed by atoms with E-state index in [0.29, 0.717) is 29.3 Å². The van der Waals surface area contributed by atoms with Crippen LogP contribution in [0.2, 0.25) is 0 Å². The summed E-state index contributed by atoms with van der Waals surface area (Å²) in [5, 5.41) is 46.8. The number of carbonyl (C=O) groups excluding carboxylic acids is 12. The third-order valence-electron chi connectivity index (χ3n) is 14.9. The van der Waals surface area contributed by atoms with E-state index in [-0.39, 0.29) is 100 Å². The molecule has 518 valence electrons. The average molecular weight is 1390 g/mol. The van der Waals surface area contributed by atoms with E-state index in [2.05, 4.69) is 68.1 Å². The van der Waals surface area contributed by atoms with Crippen molar-refractivity contribution >= 4 is 143 Å². The molecule has 3 fully saturated rings. The van der Waals surface area contributed by atoms with Crippen LogP contribution in [0.15, 0.2) is 40.4 Å². The zero-order valence-corrected chi connectivity index (χ0v) is 54.8. The topological polar surface area (TPSA) is 583 Å². The molecule has 5 rings (SSSR count). The van der Waals surface area contributed by atoms with Gasteiger partial charge in [-0.15, -0.1) is 0 Å². The summed E-state index contributed by atoms with van der Waals surface area (Å²) in [4.78, 5) is 196. The molecule has 2 bridgehead atoms. The van der Waals surface area contributed by atoms with Gasteiger partial charge in [0.15, 0.2) is 11.9 Å². The maximum absolute atomic E-state index is 15.2. The largest absolute Gasteiger partial charge is 0.481 e. The Kier molecular flexibility index (Phi) is 31.6. The average Bonchev–Trinajstić information content (AvgIpc) is 1.63. The SMILES string of the molecule is CCCC[C@@H]1NC(=O)[C@H](CCCN=C(N)N)NC(=O)[C@H](Cc2c[nH]c3ccccc23)NC(=O)[C@@H]2CSSC[C@H](NC(=O)CN)C(=O)N[C@@H](CSSC[C@@H](C(N)=O)NC1=O)C(=O)N[C@@H](CO)C(=O)N[C@@H](CC(=O)O)C(=O)N1CCC[C@H]1C(=O)N[C@@H](CCCN=C(N)N)C(=O)N2. The number of carboxylic acid groups (broad SMARTS) is 1. The number of carbonyl (C=O) groups is 13. The number of guanidine groups is 2. The van der Waals surface area contributed by atoms with Gasteiger partial charge >= 0.3 is 5.97 Å². The smallest absolute Gasteiger partial charge is 0.305 e. The van der Waals surface area contributed by atoms with E-state index in [1.807, 2.05) is 6.92 Å². The van der Waals surface area contributed by atoms with Crippen molar-refractivity contribution in [3.05, 3.63) is 36.0 Å². The molecule has 2 aromatic rings. The van der Waals surface area contributed by atoms with E-state index in [4.69, 9.17) is 34.4 Å². The highest BCUT2D eigenvalue weighted by molar-refractivity contribution is 8.77. The molecule has 0 aliphatic carbocycles. The van der Waals surface area contributed by atoms with Crippen molar-refractivity contribution in [2.45, 2.75) is 144 Å². The number of nitrogens with one attached hydrogen (secondary N) is 11. The number of carboxylic acids is 1. The number of unbranched alkanes of at least 4 members (excludes halogenated alkanes) is 1. The summed E-state index contributed by atoms with van der Waals surface area (Å²) in [5.41, 5.74) is 35.0. The molecule has 3 saturated heterocycles. The van der Waals surface area contributed by atoms with Crippen molar-refractivity contribution in [3.63, 3.8) is 0 Å². The van der Waals surface area contributed by atoms with Crippen molar-refractivity contribution in [3.8, 4) is 0 Å². The number of fused-ring (bicyclic) bond motifs is 10. The number of aliphatic imine (C=N–C) groups is 2. The molecule has 35 nitrogen and oxygen atoms in total. The van der Waals surface area contributed by atoms with E-state index in [1.165, 1.54) is 0 Å². The predicted molar refractivity (Wildman–Crippen MR) is 353 cm³/mol. The minimum Gasteiger partial charge on any atom is -0.481 e. The molecule has 94 heavy (non-hydrogen) atoms. The number of H-pyrrole nitrogens is 1. The predicted octanol–water partition coefficient (Wildman–Crippen LogP) is -6.45. The molecule has 0 saturated carbocycles. The Morgan fingerprint density at radius 1 is 0.606 bits per heavy atom. The molecule has 11 atom stereocenters. The summed E-state index contributed by atoms with van der Waals surface area (Å²) in [6.45, 7) is -0.180. The molecule has 1 aromatic carbocycles. The number of benzene rings is 1. The van der Waals surface area contributed by atoms with Crippen molar-refractivity contribution in [1.29, 1.82) is 0 Å². The van der Waals surface area contributed by atoms with Gasteiger partial charge < -0.3 is 108 Å². The first kappa shape index (κ1) is 76.4. The van der Waals surface area contributed by atoms with Gasteiger partial charge in [-0.1, -0.05) is 81.1 Å². The highest BCUT2D eigenvalue weighted by Crippen LogP contribution is 2.27. The Hall–Kier alpha value is -8.27. The lowest BCUT2D eigenvalue weighted by atomic mass is 10.0. The number of aromatic nitrogens is 1. The lowest BCUT2D eigenvalue weighted by Gasteiger charge is -2.30. The normalized spacial score (nSPS) is 25.6. The fourth-order valence-electron chi connectivity index (χ4n) is 9.93. The molecule has 25 N–H and O–H groups in total.